The van der Waals surface area contributed by atoms with Crippen molar-refractivity contribution in [3.8, 4) is 0 Å². The number of rotatable bonds is 4. The van der Waals surface area contributed by atoms with Gasteiger partial charge >= 0.3 is 0 Å². The van der Waals surface area contributed by atoms with Crippen molar-refractivity contribution in [1.82, 2.24) is 0 Å². The third-order valence-corrected chi connectivity index (χ3v) is 5.27. The maximum atomic E-state index is 6.48. The van der Waals surface area contributed by atoms with Crippen LogP contribution in [0.5, 0.6) is 0 Å². The first-order valence-electron chi connectivity index (χ1n) is 5.85. The van der Waals surface area contributed by atoms with E-state index >= 15 is 0 Å². The van der Waals surface area contributed by atoms with Crippen LogP contribution < -0.4 is 0 Å². The number of halogens is 4. The van der Waals surface area contributed by atoms with Crippen molar-refractivity contribution in [2.24, 2.45) is 0 Å². The highest BCUT2D eigenvalue weighted by atomic mass is 79.9. The summed E-state index contributed by atoms with van der Waals surface area (Å²) in [5.41, 5.74) is 2.39. The lowest BCUT2D eigenvalue weighted by Crippen LogP contribution is -1.97. The van der Waals surface area contributed by atoms with Crippen LogP contribution >= 0.6 is 59.4 Å². The van der Waals surface area contributed by atoms with Crippen LogP contribution in [-0.4, -0.2) is 0 Å². The molecule has 4 heteroatoms. The smallest absolute Gasteiger partial charge is 0.0599 e. The lowest BCUT2D eigenvalue weighted by Gasteiger charge is -2.15. The zero-order valence-corrected chi connectivity index (χ0v) is 15.5. The van der Waals surface area contributed by atoms with Crippen LogP contribution in [0.1, 0.15) is 27.8 Å². The van der Waals surface area contributed by atoms with E-state index in [-0.39, 0.29) is 10.2 Å². The topological polar surface area (TPSA) is 0 Å². The minimum absolute atomic E-state index is 0.00104. The predicted molar refractivity (Wildman–Crippen MR) is 93.2 cm³/mol. The average molecular weight is 467 g/mol. The molecule has 0 saturated heterocycles. The minimum atomic E-state index is 0.00104. The lowest BCUT2D eigenvalue weighted by molar-refractivity contribution is 0.787. The molecule has 0 aliphatic heterocycles. The van der Waals surface area contributed by atoms with E-state index in [1.54, 1.807) is 0 Å². The van der Waals surface area contributed by atoms with Gasteiger partial charge in [-0.3, -0.25) is 0 Å². The second-order valence-electron chi connectivity index (χ2n) is 4.27. The first kappa shape index (κ1) is 15.6. The fraction of sp³-hybridized carbons (Fsp3) is 0.200. The van der Waals surface area contributed by atoms with Crippen LogP contribution in [0.2, 0.25) is 0 Å². The summed E-state index contributed by atoms with van der Waals surface area (Å²) in [6.07, 6.45) is 0.852. The second kappa shape index (κ2) is 7.26. The van der Waals surface area contributed by atoms with Crippen LogP contribution in [0.3, 0.4) is 0 Å². The zero-order chi connectivity index (χ0) is 13.8. The standard InChI is InChI=1S/C15H12Br3Cl/c16-12-5-1-10(2-6-12)14(18)9-15(19)11-3-7-13(17)8-4-11/h1-8,14-15H,9H2. The van der Waals surface area contributed by atoms with Gasteiger partial charge in [0.1, 0.15) is 0 Å². The molecule has 0 amide bonds. The summed E-state index contributed by atoms with van der Waals surface area (Å²) in [6, 6.07) is 16.5. The molecule has 0 radical (unpaired) electrons. The Kier molecular flexibility index (Phi) is 5.94. The van der Waals surface area contributed by atoms with Gasteiger partial charge in [-0.15, -0.1) is 11.6 Å². The van der Waals surface area contributed by atoms with Gasteiger partial charge in [-0.2, -0.15) is 0 Å². The Morgan fingerprint density at radius 3 is 1.68 bits per heavy atom. The van der Waals surface area contributed by atoms with Gasteiger partial charge in [0.25, 0.3) is 0 Å². The largest absolute Gasteiger partial charge is 0.118 e. The van der Waals surface area contributed by atoms with Gasteiger partial charge in [-0.25, -0.2) is 0 Å². The monoisotopic (exact) mass is 464 g/mol. The first-order chi connectivity index (χ1) is 9.06. The maximum absolute atomic E-state index is 6.48. The quantitative estimate of drug-likeness (QED) is 0.424. The fourth-order valence-corrected chi connectivity index (χ4v) is 3.54. The summed E-state index contributed by atoms with van der Waals surface area (Å²) < 4.78 is 2.16. The zero-order valence-electron chi connectivity index (χ0n) is 9.99. The molecule has 0 aliphatic rings. The number of hydrogen-bond acceptors (Lipinski definition) is 0. The maximum Gasteiger partial charge on any atom is 0.0599 e. The Morgan fingerprint density at radius 1 is 0.789 bits per heavy atom. The Bertz CT molecular complexity index is 473. The Labute approximate surface area is 143 Å². The van der Waals surface area contributed by atoms with Crippen molar-refractivity contribution in [3.63, 3.8) is 0 Å². The van der Waals surface area contributed by atoms with Gasteiger partial charge in [-0.05, 0) is 41.8 Å². The van der Waals surface area contributed by atoms with E-state index in [2.05, 4.69) is 72.1 Å². The van der Waals surface area contributed by atoms with E-state index in [0.29, 0.717) is 0 Å². The van der Waals surface area contributed by atoms with Crippen molar-refractivity contribution in [1.29, 1.82) is 0 Å². The van der Waals surface area contributed by atoms with E-state index in [1.807, 2.05) is 24.3 Å². The number of alkyl halides is 2. The van der Waals surface area contributed by atoms with E-state index in [4.69, 9.17) is 11.6 Å². The number of benzene rings is 2. The molecule has 0 fully saturated rings. The molecule has 2 rings (SSSR count). The van der Waals surface area contributed by atoms with E-state index in [0.717, 1.165) is 20.9 Å². The van der Waals surface area contributed by atoms with Gasteiger partial charge in [0.15, 0.2) is 0 Å². The molecule has 2 aromatic rings. The van der Waals surface area contributed by atoms with Crippen molar-refractivity contribution in [2.75, 3.05) is 0 Å². The Morgan fingerprint density at radius 2 is 1.21 bits per heavy atom. The highest BCUT2D eigenvalue weighted by Gasteiger charge is 2.15. The summed E-state index contributed by atoms with van der Waals surface area (Å²) in [5, 5.41) is 0.00104. The third kappa shape index (κ3) is 4.59. The summed E-state index contributed by atoms with van der Waals surface area (Å²) in [5.74, 6) is 0. The second-order valence-corrected chi connectivity index (χ2v) is 7.74. The van der Waals surface area contributed by atoms with Crippen molar-refractivity contribution < 1.29 is 0 Å². The molecule has 2 unspecified atom stereocenters. The average Bonchev–Trinajstić information content (AvgIpc) is 2.40. The molecule has 0 spiro atoms. The molecule has 2 atom stereocenters. The van der Waals surface area contributed by atoms with Crippen LogP contribution in [0.4, 0.5) is 0 Å². The molecule has 0 heterocycles. The molecule has 0 aliphatic carbocycles. The van der Waals surface area contributed by atoms with Crippen LogP contribution in [0.15, 0.2) is 57.5 Å². The minimum Gasteiger partial charge on any atom is -0.118 e. The molecule has 0 saturated carbocycles. The molecule has 0 aromatic heterocycles. The Hall–Kier alpha value is 0.170. The first-order valence-corrected chi connectivity index (χ1v) is 8.79. The van der Waals surface area contributed by atoms with Gasteiger partial charge in [0.2, 0.25) is 0 Å². The van der Waals surface area contributed by atoms with Crippen molar-refractivity contribution >= 4 is 59.4 Å². The molecule has 0 bridgehead atoms. The fourth-order valence-electron chi connectivity index (χ4n) is 1.80. The lowest BCUT2D eigenvalue weighted by atomic mass is 10.0. The van der Waals surface area contributed by atoms with Gasteiger partial charge in [-0.1, -0.05) is 72.1 Å². The predicted octanol–water partition coefficient (Wildman–Crippen LogP) is 7.02. The molecule has 100 valence electrons. The van der Waals surface area contributed by atoms with E-state index in [1.165, 1.54) is 5.56 Å². The third-order valence-electron chi connectivity index (χ3n) is 2.88. The summed E-state index contributed by atoms with van der Waals surface area (Å²) in [4.78, 5) is 0.256. The molecular formula is C15H12Br3Cl. The molecular weight excluding hydrogens is 455 g/mol. The normalized spacial score (nSPS) is 14.1. The van der Waals surface area contributed by atoms with Crippen LogP contribution in [-0.2, 0) is 0 Å². The molecule has 19 heavy (non-hydrogen) atoms. The highest BCUT2D eigenvalue weighted by Crippen LogP contribution is 2.37. The van der Waals surface area contributed by atoms with E-state index < -0.39 is 0 Å². The Balaban J connectivity index is 2.03. The molecule has 0 N–H and O–H groups in total. The van der Waals surface area contributed by atoms with Crippen LogP contribution in [0.25, 0.3) is 0 Å². The van der Waals surface area contributed by atoms with Crippen molar-refractivity contribution in [3.05, 3.63) is 68.6 Å². The van der Waals surface area contributed by atoms with Gasteiger partial charge in [0, 0.05) is 13.8 Å². The van der Waals surface area contributed by atoms with Crippen LogP contribution in [0, 0.1) is 0 Å². The summed E-state index contributed by atoms with van der Waals surface area (Å²) in [6.45, 7) is 0. The summed E-state index contributed by atoms with van der Waals surface area (Å²) >= 11 is 17.1. The number of hydrogen-bond donors (Lipinski definition) is 0. The van der Waals surface area contributed by atoms with Gasteiger partial charge in [0.05, 0.1) is 5.38 Å². The highest BCUT2D eigenvalue weighted by molar-refractivity contribution is 9.10. The molecule has 0 nitrogen and oxygen atoms in total. The summed E-state index contributed by atoms with van der Waals surface area (Å²) in [7, 11) is 0. The van der Waals surface area contributed by atoms with E-state index in [9.17, 15) is 0 Å². The SMILES string of the molecule is ClC(CC(Br)c1ccc(Br)cc1)c1ccc(Br)cc1. The van der Waals surface area contributed by atoms with Crippen molar-refractivity contribution in [2.45, 2.75) is 16.6 Å². The molecule has 2 aromatic carbocycles. The van der Waals surface area contributed by atoms with Gasteiger partial charge < -0.3 is 0 Å².